The Morgan fingerprint density at radius 1 is 1.29 bits per heavy atom. The molecular formula is C14H16N6O. The van der Waals surface area contributed by atoms with Crippen molar-refractivity contribution in [1.29, 1.82) is 0 Å². The van der Waals surface area contributed by atoms with Gasteiger partial charge in [0.15, 0.2) is 5.82 Å². The fourth-order valence-corrected chi connectivity index (χ4v) is 2.22. The van der Waals surface area contributed by atoms with E-state index in [4.69, 9.17) is 0 Å². The van der Waals surface area contributed by atoms with Gasteiger partial charge < -0.3 is 9.55 Å². The van der Waals surface area contributed by atoms with Crippen LogP contribution in [0.2, 0.25) is 0 Å². The molecule has 0 saturated carbocycles. The molecule has 0 bridgehead atoms. The molecule has 3 rings (SSSR count). The van der Waals surface area contributed by atoms with Gasteiger partial charge in [-0.3, -0.25) is 9.48 Å². The zero-order valence-electron chi connectivity index (χ0n) is 11.7. The van der Waals surface area contributed by atoms with Crippen molar-refractivity contribution in [3.63, 3.8) is 0 Å². The molecule has 7 heteroatoms. The van der Waals surface area contributed by atoms with E-state index in [0.29, 0.717) is 24.6 Å². The van der Waals surface area contributed by atoms with Crippen molar-refractivity contribution in [2.24, 2.45) is 0 Å². The molecule has 0 aliphatic heterocycles. The second kappa shape index (κ2) is 5.74. The van der Waals surface area contributed by atoms with Crippen LogP contribution in [0, 0.1) is 6.92 Å². The van der Waals surface area contributed by atoms with Gasteiger partial charge in [0, 0.05) is 37.2 Å². The van der Waals surface area contributed by atoms with E-state index in [-0.39, 0.29) is 5.56 Å². The first kappa shape index (κ1) is 13.3. The summed E-state index contributed by atoms with van der Waals surface area (Å²) in [6.07, 6.45) is 6.09. The van der Waals surface area contributed by atoms with Gasteiger partial charge in [0.25, 0.3) is 5.56 Å². The number of nitrogens with zero attached hydrogens (tertiary/aromatic N) is 5. The van der Waals surface area contributed by atoms with Crippen molar-refractivity contribution < 1.29 is 0 Å². The number of nitrogens with one attached hydrogen (secondary N) is 1. The fraction of sp³-hybridized carbons (Fsp3) is 0.286. The topological polar surface area (TPSA) is 81.4 Å². The summed E-state index contributed by atoms with van der Waals surface area (Å²) in [6.45, 7) is 3.31. The number of aromatic nitrogens is 6. The zero-order chi connectivity index (χ0) is 14.7. The lowest BCUT2D eigenvalue weighted by Gasteiger charge is -2.08. The van der Waals surface area contributed by atoms with Crippen molar-refractivity contribution in [3.05, 3.63) is 52.8 Å². The van der Waals surface area contributed by atoms with Crippen LogP contribution in [-0.2, 0) is 13.1 Å². The molecule has 0 saturated heterocycles. The first-order valence-corrected chi connectivity index (χ1v) is 6.80. The minimum Gasteiger partial charge on any atom is -0.343 e. The third kappa shape index (κ3) is 2.91. The molecule has 3 heterocycles. The van der Waals surface area contributed by atoms with Crippen LogP contribution in [-0.4, -0.2) is 29.5 Å². The molecule has 21 heavy (non-hydrogen) atoms. The van der Waals surface area contributed by atoms with Crippen LogP contribution < -0.4 is 5.56 Å². The lowest BCUT2D eigenvalue weighted by Crippen LogP contribution is -2.21. The second-order valence-electron chi connectivity index (χ2n) is 4.82. The van der Waals surface area contributed by atoms with Gasteiger partial charge in [0.1, 0.15) is 5.69 Å². The van der Waals surface area contributed by atoms with Gasteiger partial charge in [-0.1, -0.05) is 11.3 Å². The number of aryl methyl sites for hydroxylation is 2. The van der Waals surface area contributed by atoms with Gasteiger partial charge in [-0.05, 0) is 19.4 Å². The summed E-state index contributed by atoms with van der Waals surface area (Å²) >= 11 is 0. The lowest BCUT2D eigenvalue weighted by atomic mass is 10.3. The van der Waals surface area contributed by atoms with E-state index in [2.05, 4.69) is 20.3 Å². The number of H-pyrrole nitrogens is 1. The van der Waals surface area contributed by atoms with Crippen LogP contribution >= 0.6 is 0 Å². The average Bonchev–Trinajstić information content (AvgIpc) is 3.12. The third-order valence-electron chi connectivity index (χ3n) is 3.32. The van der Waals surface area contributed by atoms with Crippen molar-refractivity contribution in [3.8, 4) is 11.5 Å². The number of rotatable bonds is 5. The predicted octanol–water partition coefficient (Wildman–Crippen LogP) is 1.23. The summed E-state index contributed by atoms with van der Waals surface area (Å²) in [5.74, 6) is 0.705. The molecule has 1 N–H and O–H groups in total. The van der Waals surface area contributed by atoms with Gasteiger partial charge in [-0.2, -0.15) is 0 Å². The molecule has 0 aliphatic rings. The van der Waals surface area contributed by atoms with Crippen molar-refractivity contribution >= 4 is 0 Å². The molecule has 0 atom stereocenters. The van der Waals surface area contributed by atoms with Crippen molar-refractivity contribution in [1.82, 2.24) is 29.5 Å². The Morgan fingerprint density at radius 2 is 2.19 bits per heavy atom. The summed E-state index contributed by atoms with van der Waals surface area (Å²) in [7, 11) is 0. The summed E-state index contributed by atoms with van der Waals surface area (Å²) in [5.41, 5.74) is 1.72. The number of aromatic amines is 1. The van der Waals surface area contributed by atoms with E-state index < -0.39 is 0 Å². The predicted molar refractivity (Wildman–Crippen MR) is 77.7 cm³/mol. The molecule has 0 fully saturated rings. The van der Waals surface area contributed by atoms with Gasteiger partial charge in [-0.25, -0.2) is 4.98 Å². The largest absolute Gasteiger partial charge is 0.343 e. The van der Waals surface area contributed by atoms with Crippen molar-refractivity contribution in [2.75, 3.05) is 0 Å². The third-order valence-corrected chi connectivity index (χ3v) is 3.32. The maximum Gasteiger partial charge on any atom is 0.250 e. The monoisotopic (exact) mass is 284 g/mol. The van der Waals surface area contributed by atoms with E-state index >= 15 is 0 Å². The highest BCUT2D eigenvalue weighted by atomic mass is 16.1. The number of pyridine rings is 1. The molecule has 0 aromatic carbocycles. The molecule has 3 aromatic heterocycles. The first-order valence-electron chi connectivity index (χ1n) is 6.80. The van der Waals surface area contributed by atoms with Crippen LogP contribution in [0.25, 0.3) is 11.5 Å². The van der Waals surface area contributed by atoms with E-state index in [1.165, 1.54) is 0 Å². The lowest BCUT2D eigenvalue weighted by molar-refractivity contribution is 0.503. The Labute approximate surface area is 121 Å². The molecule has 108 valence electrons. The Hall–Kier alpha value is -2.70. The highest BCUT2D eigenvalue weighted by molar-refractivity contribution is 5.45. The van der Waals surface area contributed by atoms with E-state index in [1.54, 1.807) is 33.8 Å². The minimum atomic E-state index is 0.0323. The zero-order valence-corrected chi connectivity index (χ0v) is 11.7. The number of imidazole rings is 1. The van der Waals surface area contributed by atoms with E-state index in [0.717, 1.165) is 12.1 Å². The fourth-order valence-electron chi connectivity index (χ4n) is 2.22. The average molecular weight is 284 g/mol. The standard InChI is InChI=1S/C14H16N6O/c1-11-4-2-5-13(21)20(11)9-3-8-19-10-12(17-18-19)14-15-6-7-16-14/h2,4-7,10H,3,8-9H2,1H3,(H,15,16). The first-order chi connectivity index (χ1) is 10.2. The Morgan fingerprint density at radius 3 is 2.95 bits per heavy atom. The van der Waals surface area contributed by atoms with Crippen LogP contribution in [0.4, 0.5) is 0 Å². The Kier molecular flexibility index (Phi) is 3.63. The summed E-state index contributed by atoms with van der Waals surface area (Å²) < 4.78 is 3.53. The van der Waals surface area contributed by atoms with Crippen LogP contribution in [0.1, 0.15) is 12.1 Å². The van der Waals surface area contributed by atoms with Crippen LogP contribution in [0.15, 0.2) is 41.6 Å². The van der Waals surface area contributed by atoms with Crippen LogP contribution in [0.3, 0.4) is 0 Å². The molecular weight excluding hydrogens is 268 g/mol. The minimum absolute atomic E-state index is 0.0323. The summed E-state index contributed by atoms with van der Waals surface area (Å²) in [6, 6.07) is 5.30. The van der Waals surface area contributed by atoms with Gasteiger partial charge in [-0.15, -0.1) is 5.10 Å². The van der Waals surface area contributed by atoms with Crippen LogP contribution in [0.5, 0.6) is 0 Å². The number of hydrogen-bond donors (Lipinski definition) is 1. The van der Waals surface area contributed by atoms with E-state index in [1.807, 2.05) is 19.2 Å². The maximum atomic E-state index is 11.8. The summed E-state index contributed by atoms with van der Waals surface area (Å²) in [5, 5.41) is 8.14. The highest BCUT2D eigenvalue weighted by Gasteiger charge is 2.06. The van der Waals surface area contributed by atoms with E-state index in [9.17, 15) is 4.79 Å². The van der Waals surface area contributed by atoms with Gasteiger partial charge in [0.05, 0.1) is 6.20 Å². The second-order valence-corrected chi connectivity index (χ2v) is 4.82. The van der Waals surface area contributed by atoms with Gasteiger partial charge >= 0.3 is 0 Å². The molecule has 0 aliphatic carbocycles. The Bertz CT molecular complexity index is 771. The number of hydrogen-bond acceptors (Lipinski definition) is 4. The smallest absolute Gasteiger partial charge is 0.250 e. The Balaban J connectivity index is 1.62. The molecule has 0 spiro atoms. The maximum absolute atomic E-state index is 11.8. The quantitative estimate of drug-likeness (QED) is 0.764. The normalized spacial score (nSPS) is 10.9. The molecule has 0 unspecified atom stereocenters. The molecule has 0 amide bonds. The van der Waals surface area contributed by atoms with Crippen molar-refractivity contribution in [2.45, 2.75) is 26.4 Å². The molecule has 7 nitrogen and oxygen atoms in total. The van der Waals surface area contributed by atoms with Gasteiger partial charge in [0.2, 0.25) is 0 Å². The highest BCUT2D eigenvalue weighted by Crippen LogP contribution is 2.09. The SMILES string of the molecule is Cc1cccc(=O)n1CCCn1cc(-c2ncc[nH]2)nn1. The summed E-state index contributed by atoms with van der Waals surface area (Å²) in [4.78, 5) is 18.9. The molecule has 0 radical (unpaired) electrons. The molecule has 3 aromatic rings.